The van der Waals surface area contributed by atoms with Gasteiger partial charge >= 0.3 is 0 Å². The van der Waals surface area contributed by atoms with Crippen molar-refractivity contribution in [2.75, 3.05) is 6.26 Å². The Labute approximate surface area is 105 Å². The molecule has 0 N–H and O–H groups in total. The summed E-state index contributed by atoms with van der Waals surface area (Å²) < 4.78 is 6.49. The number of aromatic nitrogens is 1. The van der Waals surface area contributed by atoms with Gasteiger partial charge in [0.1, 0.15) is 10.4 Å². The van der Waals surface area contributed by atoms with Crippen molar-refractivity contribution in [1.82, 2.24) is 4.98 Å². The van der Waals surface area contributed by atoms with Gasteiger partial charge in [-0.05, 0) is 34.3 Å². The quantitative estimate of drug-likeness (QED) is 0.784. The predicted octanol–water partition coefficient (Wildman–Crippen LogP) is 4.42. The van der Waals surface area contributed by atoms with E-state index < -0.39 is 0 Å². The normalized spacial score (nSPS) is 10.3. The summed E-state index contributed by atoms with van der Waals surface area (Å²) in [5, 5.41) is 2.56. The van der Waals surface area contributed by atoms with Crippen LogP contribution in [0.15, 0.2) is 39.1 Å². The molecule has 2 nitrogen and oxygen atoms in total. The molecule has 1 aromatic carbocycles. The highest BCUT2D eigenvalue weighted by atomic mass is 79.9. The van der Waals surface area contributed by atoms with Crippen LogP contribution in [0.4, 0.5) is 0 Å². The van der Waals surface area contributed by atoms with Crippen molar-refractivity contribution in [2.45, 2.75) is 4.90 Å². The van der Waals surface area contributed by atoms with E-state index in [0.29, 0.717) is 5.19 Å². The smallest absolute Gasteiger partial charge is 0.279 e. The lowest BCUT2D eigenvalue weighted by Gasteiger charge is -2.05. The molecule has 0 aliphatic heterocycles. The fraction of sp³-hybridized carbons (Fsp3) is 0.100. The Balaban J connectivity index is 2.23. The van der Waals surface area contributed by atoms with Gasteiger partial charge in [-0.15, -0.1) is 11.8 Å². The van der Waals surface area contributed by atoms with Crippen LogP contribution in [0, 0.1) is 0 Å². The van der Waals surface area contributed by atoms with Crippen molar-refractivity contribution in [3.05, 3.63) is 34.2 Å². The van der Waals surface area contributed by atoms with E-state index in [-0.39, 0.29) is 0 Å². The molecule has 0 unspecified atom stereocenters. The van der Waals surface area contributed by atoms with Crippen LogP contribution in [0.2, 0.25) is 0 Å². The highest BCUT2D eigenvalue weighted by molar-refractivity contribution is 9.10. The van der Waals surface area contributed by atoms with Crippen LogP contribution in [-0.2, 0) is 0 Å². The van der Waals surface area contributed by atoms with Crippen LogP contribution in [0.3, 0.4) is 0 Å². The Kier molecular flexibility index (Phi) is 3.66. The number of thiazole rings is 1. The number of hydrogen-bond donors (Lipinski definition) is 0. The number of benzene rings is 1. The lowest BCUT2D eigenvalue weighted by atomic mass is 10.3. The summed E-state index contributed by atoms with van der Waals surface area (Å²) in [6.07, 6.45) is 2.03. The first-order valence-corrected chi connectivity index (χ1v) is 7.11. The molecule has 0 fully saturated rings. The third-order valence-electron chi connectivity index (χ3n) is 1.72. The zero-order chi connectivity index (χ0) is 10.7. The van der Waals surface area contributed by atoms with E-state index in [9.17, 15) is 0 Å². The standard InChI is InChI=1S/C10H8BrNOS2/c1-14-8-5-3-2-4-7(8)13-10-12-9(11)6-15-10/h2-6H,1H3. The van der Waals surface area contributed by atoms with Gasteiger partial charge in [-0.3, -0.25) is 0 Å². The molecule has 5 heteroatoms. The highest BCUT2D eigenvalue weighted by Gasteiger charge is 2.05. The summed E-state index contributed by atoms with van der Waals surface area (Å²) in [4.78, 5) is 5.30. The number of ether oxygens (including phenoxy) is 1. The molecule has 2 aromatic rings. The molecule has 0 saturated heterocycles. The minimum Gasteiger partial charge on any atom is -0.430 e. The average Bonchev–Trinajstić information content (AvgIpc) is 2.65. The van der Waals surface area contributed by atoms with E-state index in [2.05, 4.69) is 20.9 Å². The van der Waals surface area contributed by atoms with Crippen molar-refractivity contribution in [1.29, 1.82) is 0 Å². The van der Waals surface area contributed by atoms with Gasteiger partial charge in [-0.25, -0.2) is 0 Å². The van der Waals surface area contributed by atoms with E-state index in [1.807, 2.05) is 35.9 Å². The van der Waals surface area contributed by atoms with E-state index in [0.717, 1.165) is 15.2 Å². The fourth-order valence-electron chi connectivity index (χ4n) is 1.08. The first kappa shape index (κ1) is 11.0. The van der Waals surface area contributed by atoms with Crippen LogP contribution in [0.5, 0.6) is 10.9 Å². The fourth-order valence-corrected chi connectivity index (χ4v) is 2.71. The molecule has 0 radical (unpaired) electrons. The number of rotatable bonds is 3. The summed E-state index contributed by atoms with van der Waals surface area (Å²) in [6, 6.07) is 7.93. The molecular weight excluding hydrogens is 294 g/mol. The molecule has 0 spiro atoms. The first-order valence-electron chi connectivity index (χ1n) is 4.21. The van der Waals surface area contributed by atoms with E-state index in [4.69, 9.17) is 4.74 Å². The van der Waals surface area contributed by atoms with Gasteiger partial charge < -0.3 is 4.74 Å². The maximum atomic E-state index is 5.68. The minimum absolute atomic E-state index is 0.656. The Morgan fingerprint density at radius 3 is 2.87 bits per heavy atom. The number of hydrogen-bond acceptors (Lipinski definition) is 4. The summed E-state index contributed by atoms with van der Waals surface area (Å²) in [5.41, 5.74) is 0. The second kappa shape index (κ2) is 5.01. The minimum atomic E-state index is 0.656. The summed E-state index contributed by atoms with van der Waals surface area (Å²) in [5.74, 6) is 0.854. The lowest BCUT2D eigenvalue weighted by Crippen LogP contribution is -1.85. The van der Waals surface area contributed by atoms with Crippen molar-refractivity contribution < 1.29 is 4.74 Å². The zero-order valence-electron chi connectivity index (χ0n) is 7.94. The Hall–Kier alpha value is -0.520. The Morgan fingerprint density at radius 2 is 2.20 bits per heavy atom. The summed E-state index contributed by atoms with van der Waals surface area (Å²) in [7, 11) is 0. The number of para-hydroxylation sites is 1. The van der Waals surface area contributed by atoms with E-state index in [1.165, 1.54) is 11.3 Å². The van der Waals surface area contributed by atoms with Crippen LogP contribution in [0.25, 0.3) is 0 Å². The van der Waals surface area contributed by atoms with Gasteiger partial charge in [0.15, 0.2) is 0 Å². The topological polar surface area (TPSA) is 22.1 Å². The molecule has 0 aliphatic rings. The number of nitrogens with zero attached hydrogens (tertiary/aromatic N) is 1. The molecular formula is C10H8BrNOS2. The Morgan fingerprint density at radius 1 is 1.40 bits per heavy atom. The van der Waals surface area contributed by atoms with Crippen LogP contribution >= 0.6 is 39.0 Å². The summed E-state index contributed by atoms with van der Waals surface area (Å²) >= 11 is 6.43. The van der Waals surface area contributed by atoms with Crippen LogP contribution in [-0.4, -0.2) is 11.2 Å². The van der Waals surface area contributed by atoms with Crippen LogP contribution < -0.4 is 4.74 Å². The number of thioether (sulfide) groups is 1. The van der Waals surface area contributed by atoms with Gasteiger partial charge in [-0.2, -0.15) is 4.98 Å². The van der Waals surface area contributed by atoms with Gasteiger partial charge in [0.05, 0.1) is 0 Å². The van der Waals surface area contributed by atoms with Gasteiger partial charge in [0.2, 0.25) is 0 Å². The maximum Gasteiger partial charge on any atom is 0.279 e. The number of halogens is 1. The SMILES string of the molecule is CSc1ccccc1Oc1nc(Br)cs1. The van der Waals surface area contributed by atoms with Gasteiger partial charge in [0.25, 0.3) is 5.19 Å². The molecule has 1 aromatic heterocycles. The molecule has 0 atom stereocenters. The molecule has 0 aliphatic carbocycles. The second-order valence-corrected chi connectivity index (χ2v) is 5.17. The molecule has 1 heterocycles. The van der Waals surface area contributed by atoms with Crippen molar-refractivity contribution >= 4 is 39.0 Å². The second-order valence-electron chi connectivity index (χ2n) is 2.69. The Bertz CT molecular complexity index is 458. The van der Waals surface area contributed by atoms with Crippen molar-refractivity contribution in [3.8, 4) is 10.9 Å². The molecule has 15 heavy (non-hydrogen) atoms. The summed E-state index contributed by atoms with van der Waals surface area (Å²) in [6.45, 7) is 0. The monoisotopic (exact) mass is 301 g/mol. The van der Waals surface area contributed by atoms with Crippen LogP contribution in [0.1, 0.15) is 0 Å². The lowest BCUT2D eigenvalue weighted by molar-refractivity contribution is 0.467. The van der Waals surface area contributed by atoms with Gasteiger partial charge in [0, 0.05) is 10.3 Å². The largest absolute Gasteiger partial charge is 0.430 e. The van der Waals surface area contributed by atoms with Gasteiger partial charge in [-0.1, -0.05) is 23.5 Å². The first-order chi connectivity index (χ1) is 7.29. The third kappa shape index (κ3) is 2.74. The molecule has 0 saturated carbocycles. The molecule has 0 bridgehead atoms. The zero-order valence-corrected chi connectivity index (χ0v) is 11.2. The maximum absolute atomic E-state index is 5.68. The van der Waals surface area contributed by atoms with Crippen molar-refractivity contribution in [2.24, 2.45) is 0 Å². The van der Waals surface area contributed by atoms with Crippen molar-refractivity contribution in [3.63, 3.8) is 0 Å². The van der Waals surface area contributed by atoms with E-state index in [1.54, 1.807) is 11.8 Å². The molecule has 78 valence electrons. The highest BCUT2D eigenvalue weighted by Crippen LogP contribution is 2.33. The predicted molar refractivity (Wildman–Crippen MR) is 68.1 cm³/mol. The molecule has 0 amide bonds. The molecule has 2 rings (SSSR count). The third-order valence-corrected chi connectivity index (χ3v) is 3.93. The van der Waals surface area contributed by atoms with E-state index >= 15 is 0 Å². The average molecular weight is 302 g/mol.